The molecular weight excluding hydrogens is 304 g/mol. The van der Waals surface area contributed by atoms with Crippen LogP contribution in [0.15, 0.2) is 18.2 Å². The number of carbonyl (C=O) groups is 1. The number of thiophene rings is 1. The van der Waals surface area contributed by atoms with Crippen LogP contribution in [-0.4, -0.2) is 23.9 Å². The highest BCUT2D eigenvalue weighted by molar-refractivity contribution is 7.21. The van der Waals surface area contributed by atoms with Crippen LogP contribution in [0.3, 0.4) is 0 Å². The molecule has 2 N–H and O–H groups in total. The molecule has 0 unspecified atom stereocenters. The molecular formula is C16H19ClN2OS. The molecule has 0 spiro atoms. The average molecular weight is 323 g/mol. The van der Waals surface area contributed by atoms with E-state index in [9.17, 15) is 4.79 Å². The molecule has 3 rings (SSSR count). The van der Waals surface area contributed by atoms with Crippen LogP contribution >= 0.6 is 22.9 Å². The standard InChI is InChI=1S/C16H19ClN2OS/c1-16(2)7-4-8-19(9-16)15(20)14-13(18)12-10(17)5-3-6-11(12)21-14/h3,5-6H,4,7-9,18H2,1-2H3. The fraction of sp³-hybridized carbons (Fsp3) is 0.438. The highest BCUT2D eigenvalue weighted by atomic mass is 35.5. The summed E-state index contributed by atoms with van der Waals surface area (Å²) in [7, 11) is 0. The van der Waals surface area contributed by atoms with Gasteiger partial charge in [-0.2, -0.15) is 0 Å². The van der Waals surface area contributed by atoms with Crippen LogP contribution in [0.1, 0.15) is 36.4 Å². The number of nitrogens with zero attached hydrogens (tertiary/aromatic N) is 1. The van der Waals surface area contributed by atoms with Crippen molar-refractivity contribution in [1.82, 2.24) is 4.90 Å². The summed E-state index contributed by atoms with van der Waals surface area (Å²) in [5.41, 5.74) is 6.89. The average Bonchev–Trinajstić information content (AvgIpc) is 2.75. The number of fused-ring (bicyclic) bond motifs is 1. The van der Waals surface area contributed by atoms with Gasteiger partial charge >= 0.3 is 0 Å². The second-order valence-electron chi connectivity index (χ2n) is 6.45. The number of nitrogen functional groups attached to an aromatic ring is 1. The minimum Gasteiger partial charge on any atom is -0.397 e. The van der Waals surface area contributed by atoms with Gasteiger partial charge in [-0.3, -0.25) is 4.79 Å². The zero-order chi connectivity index (χ0) is 15.2. The summed E-state index contributed by atoms with van der Waals surface area (Å²) in [5, 5.41) is 1.42. The van der Waals surface area contributed by atoms with E-state index in [1.165, 1.54) is 11.3 Å². The Morgan fingerprint density at radius 2 is 2.19 bits per heavy atom. The van der Waals surface area contributed by atoms with Gasteiger partial charge in [-0.25, -0.2) is 0 Å². The van der Waals surface area contributed by atoms with Crippen molar-refractivity contribution in [3.05, 3.63) is 28.1 Å². The number of hydrogen-bond acceptors (Lipinski definition) is 3. The van der Waals surface area contributed by atoms with Gasteiger partial charge in [0.25, 0.3) is 5.91 Å². The van der Waals surface area contributed by atoms with Gasteiger partial charge in [0.2, 0.25) is 0 Å². The van der Waals surface area contributed by atoms with Crippen molar-refractivity contribution in [2.24, 2.45) is 5.41 Å². The van der Waals surface area contributed by atoms with Crippen LogP contribution in [0.5, 0.6) is 0 Å². The van der Waals surface area contributed by atoms with Gasteiger partial charge < -0.3 is 10.6 Å². The van der Waals surface area contributed by atoms with Crippen molar-refractivity contribution in [3.8, 4) is 0 Å². The van der Waals surface area contributed by atoms with Crippen LogP contribution in [0.2, 0.25) is 5.02 Å². The van der Waals surface area contributed by atoms with Crippen molar-refractivity contribution >= 4 is 44.6 Å². The molecule has 1 aliphatic heterocycles. The number of likely N-dealkylation sites (tertiary alicyclic amines) is 1. The van der Waals surface area contributed by atoms with E-state index in [0.29, 0.717) is 15.6 Å². The fourth-order valence-corrected chi connectivity index (χ4v) is 4.48. The molecule has 21 heavy (non-hydrogen) atoms. The minimum absolute atomic E-state index is 0.0394. The summed E-state index contributed by atoms with van der Waals surface area (Å²) in [5.74, 6) is 0.0394. The van der Waals surface area contributed by atoms with Gasteiger partial charge in [0.15, 0.2) is 0 Å². The molecule has 3 nitrogen and oxygen atoms in total. The van der Waals surface area contributed by atoms with Gasteiger partial charge in [-0.15, -0.1) is 11.3 Å². The number of anilines is 1. The van der Waals surface area contributed by atoms with Gasteiger partial charge in [0.1, 0.15) is 4.88 Å². The SMILES string of the molecule is CC1(C)CCCN(C(=O)c2sc3cccc(Cl)c3c2N)C1. The Morgan fingerprint density at radius 1 is 1.43 bits per heavy atom. The summed E-state index contributed by atoms with van der Waals surface area (Å²) in [6.07, 6.45) is 2.20. The van der Waals surface area contributed by atoms with E-state index in [0.717, 1.165) is 36.0 Å². The third-order valence-corrected chi connectivity index (χ3v) is 5.56. The number of benzene rings is 1. The maximum absolute atomic E-state index is 12.8. The number of halogens is 1. The van der Waals surface area contributed by atoms with E-state index >= 15 is 0 Å². The van der Waals surface area contributed by atoms with Crippen LogP contribution in [-0.2, 0) is 0 Å². The lowest BCUT2D eigenvalue weighted by Crippen LogP contribution is -2.43. The summed E-state index contributed by atoms with van der Waals surface area (Å²) in [4.78, 5) is 15.4. The molecule has 2 heterocycles. The first-order valence-electron chi connectivity index (χ1n) is 7.15. The zero-order valence-electron chi connectivity index (χ0n) is 12.3. The zero-order valence-corrected chi connectivity index (χ0v) is 13.9. The molecule has 112 valence electrons. The molecule has 0 atom stereocenters. The van der Waals surface area contributed by atoms with Crippen molar-refractivity contribution in [2.75, 3.05) is 18.8 Å². The number of carbonyl (C=O) groups excluding carboxylic acids is 1. The van der Waals surface area contributed by atoms with Crippen molar-refractivity contribution < 1.29 is 4.79 Å². The van der Waals surface area contributed by atoms with Gasteiger partial charge in [-0.1, -0.05) is 31.5 Å². The molecule has 0 aliphatic carbocycles. The predicted molar refractivity (Wildman–Crippen MR) is 90.2 cm³/mol. The van der Waals surface area contributed by atoms with Crippen LogP contribution in [0.4, 0.5) is 5.69 Å². The van der Waals surface area contributed by atoms with Gasteiger partial charge in [-0.05, 0) is 30.4 Å². The lowest BCUT2D eigenvalue weighted by atomic mass is 9.84. The molecule has 5 heteroatoms. The van der Waals surface area contributed by atoms with Gasteiger partial charge in [0, 0.05) is 23.2 Å². The number of rotatable bonds is 1. The Balaban J connectivity index is 1.99. The first kappa shape index (κ1) is 14.7. The second kappa shape index (κ2) is 5.18. The normalized spacial score (nSPS) is 18.1. The number of piperidine rings is 1. The van der Waals surface area contributed by atoms with E-state index in [4.69, 9.17) is 17.3 Å². The number of nitrogens with two attached hydrogens (primary N) is 1. The Morgan fingerprint density at radius 3 is 2.86 bits per heavy atom. The summed E-state index contributed by atoms with van der Waals surface area (Å²) >= 11 is 7.65. The van der Waals surface area contributed by atoms with E-state index in [2.05, 4.69) is 13.8 Å². The van der Waals surface area contributed by atoms with Crippen molar-refractivity contribution in [1.29, 1.82) is 0 Å². The quantitative estimate of drug-likeness (QED) is 0.845. The van der Waals surface area contributed by atoms with E-state index in [1.807, 2.05) is 23.1 Å². The first-order valence-corrected chi connectivity index (χ1v) is 8.34. The molecule has 0 radical (unpaired) electrons. The minimum atomic E-state index is 0.0394. The predicted octanol–water partition coefficient (Wildman–Crippen LogP) is 4.40. The lowest BCUT2D eigenvalue weighted by molar-refractivity contribution is 0.0589. The van der Waals surface area contributed by atoms with E-state index in [-0.39, 0.29) is 11.3 Å². The first-order chi connectivity index (χ1) is 9.89. The second-order valence-corrected chi connectivity index (χ2v) is 7.91. The molecule has 0 saturated carbocycles. The summed E-state index contributed by atoms with van der Waals surface area (Å²) in [6, 6.07) is 5.66. The number of amides is 1. The Bertz CT molecular complexity index is 708. The maximum Gasteiger partial charge on any atom is 0.266 e. The van der Waals surface area contributed by atoms with Crippen LogP contribution in [0.25, 0.3) is 10.1 Å². The number of hydrogen-bond donors (Lipinski definition) is 1. The molecule has 1 fully saturated rings. The Hall–Kier alpha value is -1.26. The van der Waals surface area contributed by atoms with E-state index in [1.54, 1.807) is 0 Å². The topological polar surface area (TPSA) is 46.3 Å². The summed E-state index contributed by atoms with van der Waals surface area (Å²) in [6.45, 7) is 6.01. The third kappa shape index (κ3) is 2.62. The molecule has 1 aromatic heterocycles. The van der Waals surface area contributed by atoms with Crippen molar-refractivity contribution in [2.45, 2.75) is 26.7 Å². The monoisotopic (exact) mass is 322 g/mol. The Labute approximate surface area is 133 Å². The smallest absolute Gasteiger partial charge is 0.266 e. The van der Waals surface area contributed by atoms with E-state index < -0.39 is 0 Å². The molecule has 1 aliphatic rings. The third-order valence-electron chi connectivity index (χ3n) is 4.08. The molecule has 1 aromatic carbocycles. The summed E-state index contributed by atoms with van der Waals surface area (Å²) < 4.78 is 0.972. The highest BCUT2D eigenvalue weighted by Gasteiger charge is 2.31. The molecule has 2 aromatic rings. The molecule has 1 amide bonds. The lowest BCUT2D eigenvalue weighted by Gasteiger charge is -2.37. The van der Waals surface area contributed by atoms with Crippen LogP contribution in [0, 0.1) is 5.41 Å². The fourth-order valence-electron chi connectivity index (χ4n) is 3.03. The largest absolute Gasteiger partial charge is 0.397 e. The highest BCUT2D eigenvalue weighted by Crippen LogP contribution is 2.39. The van der Waals surface area contributed by atoms with Crippen molar-refractivity contribution in [3.63, 3.8) is 0 Å². The van der Waals surface area contributed by atoms with Crippen LogP contribution < -0.4 is 5.73 Å². The van der Waals surface area contributed by atoms with Gasteiger partial charge in [0.05, 0.1) is 10.7 Å². The molecule has 1 saturated heterocycles. The maximum atomic E-state index is 12.8. The Kier molecular flexibility index (Phi) is 3.62. The molecule has 0 bridgehead atoms.